The zero-order valence-corrected chi connectivity index (χ0v) is 19.2. The number of hydrogen-bond donors (Lipinski definition) is 3. The molecule has 0 bridgehead atoms. The molecular formula is C20H30IN5O2. The minimum Gasteiger partial charge on any atom is -0.359 e. The SMILES string of the molecule is CCCC(=O)Nc1cccc(CNC(=NC)NCc2cc(C(C)C)no2)c1.I. The Morgan fingerprint density at radius 1 is 1.21 bits per heavy atom. The third-order valence-corrected chi connectivity index (χ3v) is 3.97. The Labute approximate surface area is 183 Å². The molecule has 1 aromatic heterocycles. The molecule has 154 valence electrons. The van der Waals surface area contributed by atoms with Crippen LogP contribution in [0.4, 0.5) is 5.69 Å². The van der Waals surface area contributed by atoms with Crippen molar-refractivity contribution in [2.75, 3.05) is 12.4 Å². The van der Waals surface area contributed by atoms with Gasteiger partial charge in [0.1, 0.15) is 0 Å². The Kier molecular flexibility index (Phi) is 10.6. The van der Waals surface area contributed by atoms with Crippen molar-refractivity contribution in [3.05, 3.63) is 47.3 Å². The van der Waals surface area contributed by atoms with E-state index in [-0.39, 0.29) is 29.9 Å². The van der Waals surface area contributed by atoms with E-state index < -0.39 is 0 Å². The van der Waals surface area contributed by atoms with E-state index in [1.165, 1.54) is 0 Å². The van der Waals surface area contributed by atoms with Crippen LogP contribution in [0.25, 0.3) is 0 Å². The van der Waals surface area contributed by atoms with Crippen LogP contribution < -0.4 is 16.0 Å². The van der Waals surface area contributed by atoms with Crippen LogP contribution >= 0.6 is 24.0 Å². The molecule has 0 aliphatic heterocycles. The van der Waals surface area contributed by atoms with Crippen LogP contribution in [-0.4, -0.2) is 24.1 Å². The predicted octanol–water partition coefficient (Wildman–Crippen LogP) is 4.02. The molecule has 7 nitrogen and oxygen atoms in total. The number of carbonyl (C=O) groups excluding carboxylic acids is 1. The summed E-state index contributed by atoms with van der Waals surface area (Å²) < 4.78 is 5.32. The minimum absolute atomic E-state index is 0. The van der Waals surface area contributed by atoms with E-state index in [0.717, 1.165) is 29.1 Å². The molecule has 1 amide bonds. The summed E-state index contributed by atoms with van der Waals surface area (Å²) in [5.74, 6) is 1.80. The van der Waals surface area contributed by atoms with Crippen LogP contribution in [0.2, 0.25) is 0 Å². The van der Waals surface area contributed by atoms with Crippen LogP contribution in [0.3, 0.4) is 0 Å². The van der Waals surface area contributed by atoms with Gasteiger partial charge in [-0.2, -0.15) is 0 Å². The Morgan fingerprint density at radius 3 is 2.61 bits per heavy atom. The number of benzene rings is 1. The molecule has 0 aliphatic rings. The van der Waals surface area contributed by atoms with Gasteiger partial charge in [-0.25, -0.2) is 0 Å². The second-order valence-corrected chi connectivity index (χ2v) is 6.65. The number of hydrogen-bond acceptors (Lipinski definition) is 4. The molecule has 1 heterocycles. The van der Waals surface area contributed by atoms with E-state index >= 15 is 0 Å². The predicted molar refractivity (Wildman–Crippen MR) is 123 cm³/mol. The summed E-state index contributed by atoms with van der Waals surface area (Å²) >= 11 is 0. The molecule has 2 rings (SSSR count). The number of carbonyl (C=O) groups is 1. The van der Waals surface area contributed by atoms with Crippen LogP contribution in [0.15, 0.2) is 39.8 Å². The van der Waals surface area contributed by atoms with Crippen molar-refractivity contribution in [1.82, 2.24) is 15.8 Å². The molecule has 0 atom stereocenters. The van der Waals surface area contributed by atoms with Crippen molar-refractivity contribution in [1.29, 1.82) is 0 Å². The molecule has 0 fully saturated rings. The molecule has 1 aromatic carbocycles. The topological polar surface area (TPSA) is 91.5 Å². The lowest BCUT2D eigenvalue weighted by atomic mass is 10.1. The van der Waals surface area contributed by atoms with Crippen molar-refractivity contribution in [2.45, 2.75) is 52.6 Å². The molecule has 0 aliphatic carbocycles. The first-order valence-corrected chi connectivity index (χ1v) is 9.30. The molecule has 2 aromatic rings. The number of amides is 1. The van der Waals surface area contributed by atoms with E-state index in [1.807, 2.05) is 37.3 Å². The van der Waals surface area contributed by atoms with Gasteiger partial charge in [-0.05, 0) is 30.0 Å². The van der Waals surface area contributed by atoms with Gasteiger partial charge in [0.05, 0.1) is 12.2 Å². The van der Waals surface area contributed by atoms with E-state index in [0.29, 0.717) is 31.4 Å². The van der Waals surface area contributed by atoms with Crippen molar-refractivity contribution < 1.29 is 9.32 Å². The molecule has 0 saturated carbocycles. The maximum absolute atomic E-state index is 11.7. The van der Waals surface area contributed by atoms with Crippen molar-refractivity contribution in [3.63, 3.8) is 0 Å². The van der Waals surface area contributed by atoms with Gasteiger partial charge in [0.25, 0.3) is 0 Å². The largest absolute Gasteiger partial charge is 0.359 e. The van der Waals surface area contributed by atoms with Crippen LogP contribution in [-0.2, 0) is 17.9 Å². The Hall–Kier alpha value is -2.10. The maximum atomic E-state index is 11.7. The number of guanidine groups is 1. The summed E-state index contributed by atoms with van der Waals surface area (Å²) in [6.45, 7) is 7.24. The molecule has 0 spiro atoms. The van der Waals surface area contributed by atoms with Gasteiger partial charge < -0.3 is 20.5 Å². The zero-order valence-electron chi connectivity index (χ0n) is 16.9. The number of halogens is 1. The van der Waals surface area contributed by atoms with E-state index in [4.69, 9.17) is 4.52 Å². The van der Waals surface area contributed by atoms with Gasteiger partial charge in [0.2, 0.25) is 5.91 Å². The molecule has 8 heteroatoms. The van der Waals surface area contributed by atoms with Gasteiger partial charge in [-0.1, -0.05) is 38.1 Å². The first-order chi connectivity index (χ1) is 13.0. The quantitative estimate of drug-likeness (QED) is 0.290. The lowest BCUT2D eigenvalue weighted by Gasteiger charge is -2.12. The van der Waals surface area contributed by atoms with Crippen LogP contribution in [0.5, 0.6) is 0 Å². The average molecular weight is 499 g/mol. The number of aromatic nitrogens is 1. The average Bonchev–Trinajstić information content (AvgIpc) is 3.12. The number of nitrogens with zero attached hydrogens (tertiary/aromatic N) is 2. The highest BCUT2D eigenvalue weighted by molar-refractivity contribution is 14.0. The van der Waals surface area contributed by atoms with Crippen molar-refractivity contribution in [2.24, 2.45) is 4.99 Å². The molecular weight excluding hydrogens is 469 g/mol. The molecule has 3 N–H and O–H groups in total. The van der Waals surface area contributed by atoms with Crippen molar-refractivity contribution in [3.8, 4) is 0 Å². The fourth-order valence-corrected chi connectivity index (χ4v) is 2.47. The summed E-state index contributed by atoms with van der Waals surface area (Å²) in [6, 6.07) is 9.73. The monoisotopic (exact) mass is 499 g/mol. The lowest BCUT2D eigenvalue weighted by Crippen LogP contribution is -2.36. The summed E-state index contributed by atoms with van der Waals surface area (Å²) in [7, 11) is 1.72. The van der Waals surface area contributed by atoms with Crippen LogP contribution in [0.1, 0.15) is 56.5 Å². The van der Waals surface area contributed by atoms with E-state index in [2.05, 4.69) is 39.9 Å². The van der Waals surface area contributed by atoms with Gasteiger partial charge >= 0.3 is 0 Å². The molecule has 0 radical (unpaired) electrons. The third-order valence-electron chi connectivity index (χ3n) is 3.97. The second-order valence-electron chi connectivity index (χ2n) is 6.65. The van der Waals surface area contributed by atoms with Gasteiger partial charge in [0, 0.05) is 31.8 Å². The molecule has 0 saturated heterocycles. The first kappa shape index (κ1) is 23.9. The number of anilines is 1. The van der Waals surface area contributed by atoms with Gasteiger partial charge in [-0.3, -0.25) is 9.79 Å². The normalized spacial score (nSPS) is 11.1. The molecule has 0 unspecified atom stereocenters. The summed E-state index contributed by atoms with van der Waals surface area (Å²) in [5.41, 5.74) is 2.80. The second kappa shape index (κ2) is 12.4. The van der Waals surface area contributed by atoms with Crippen LogP contribution in [0, 0.1) is 0 Å². The van der Waals surface area contributed by atoms with E-state index in [1.54, 1.807) is 7.05 Å². The smallest absolute Gasteiger partial charge is 0.224 e. The maximum Gasteiger partial charge on any atom is 0.224 e. The lowest BCUT2D eigenvalue weighted by molar-refractivity contribution is -0.116. The first-order valence-electron chi connectivity index (χ1n) is 9.30. The molecule has 28 heavy (non-hydrogen) atoms. The van der Waals surface area contributed by atoms with E-state index in [9.17, 15) is 4.79 Å². The zero-order chi connectivity index (χ0) is 19.6. The number of nitrogens with one attached hydrogen (secondary N) is 3. The van der Waals surface area contributed by atoms with Gasteiger partial charge in [-0.15, -0.1) is 24.0 Å². The fourth-order valence-electron chi connectivity index (χ4n) is 2.47. The van der Waals surface area contributed by atoms with Crippen molar-refractivity contribution >= 4 is 41.5 Å². The summed E-state index contributed by atoms with van der Waals surface area (Å²) in [6.07, 6.45) is 1.36. The Bertz CT molecular complexity index is 773. The summed E-state index contributed by atoms with van der Waals surface area (Å²) in [4.78, 5) is 15.9. The highest BCUT2D eigenvalue weighted by Gasteiger charge is 2.08. The minimum atomic E-state index is 0. The Morgan fingerprint density at radius 2 is 1.96 bits per heavy atom. The Balaban J connectivity index is 0.00000392. The van der Waals surface area contributed by atoms with Gasteiger partial charge in [0.15, 0.2) is 11.7 Å². The number of rotatable bonds is 8. The standard InChI is InChI=1S/C20H29N5O2.HI/c1-5-7-19(26)24-16-9-6-8-15(10-16)12-22-20(21-4)23-13-17-11-18(14(2)3)25-27-17;/h6,8-11,14H,5,7,12-13H2,1-4H3,(H,24,26)(H2,21,22,23);1H. The third kappa shape index (κ3) is 7.87. The number of aliphatic imine (C=N–C) groups is 1. The fraction of sp³-hybridized carbons (Fsp3) is 0.450. The highest BCUT2D eigenvalue weighted by atomic mass is 127. The summed E-state index contributed by atoms with van der Waals surface area (Å²) in [5, 5.41) is 13.4. The highest BCUT2D eigenvalue weighted by Crippen LogP contribution is 2.14.